The first kappa shape index (κ1) is 14.5. The topological polar surface area (TPSA) is 56.9 Å². The first-order valence-corrected chi connectivity index (χ1v) is 5.29. The molecule has 1 amide bonds. The molecule has 1 aromatic carbocycles. The van der Waals surface area contributed by atoms with Crippen LogP contribution in [0.15, 0.2) is 30.5 Å². The number of aromatic nitrogens is 2. The summed E-state index contributed by atoms with van der Waals surface area (Å²) in [7, 11) is 3.53. The Hall–Kier alpha value is -1.53. The summed E-state index contributed by atoms with van der Waals surface area (Å²) in [6, 6.07) is 7.13. The van der Waals surface area contributed by atoms with Crippen molar-refractivity contribution >= 4 is 17.4 Å². The van der Waals surface area contributed by atoms with Gasteiger partial charge in [-0.3, -0.25) is 4.48 Å². The van der Waals surface area contributed by atoms with Gasteiger partial charge in [0.15, 0.2) is 5.69 Å². The van der Waals surface area contributed by atoms with E-state index in [1.165, 1.54) is 6.20 Å². The average molecular weight is 312 g/mol. The Balaban J connectivity index is 0.00000162. The zero-order chi connectivity index (χ0) is 12.5. The van der Waals surface area contributed by atoms with Crippen LogP contribution in [0.2, 0.25) is 0 Å². The molecular formula is C12H14BrN3O2. The Bertz CT molecular complexity index is 572. The van der Waals surface area contributed by atoms with Crippen LogP contribution >= 0.6 is 0 Å². The molecule has 18 heavy (non-hydrogen) atoms. The minimum atomic E-state index is 0. The summed E-state index contributed by atoms with van der Waals surface area (Å²) < 4.78 is 0.938. The molecule has 0 radical (unpaired) electrons. The van der Waals surface area contributed by atoms with Crippen molar-refractivity contribution in [2.24, 2.45) is 0 Å². The lowest BCUT2D eigenvalue weighted by atomic mass is 10.3. The standard InChI is InChI=1S/C12H14N3O2.BrH/c1-15(2,9-16)8-10-7-14(17)12-6-4-3-5-11(12)13-10;/h3-7,9H,8H2,1-2H3;1H/q+1;/p-1. The van der Waals surface area contributed by atoms with Crippen LogP contribution in [0.4, 0.5) is 0 Å². The van der Waals surface area contributed by atoms with Crippen LogP contribution in [0.25, 0.3) is 11.0 Å². The van der Waals surface area contributed by atoms with Gasteiger partial charge in [-0.25, -0.2) is 9.78 Å². The van der Waals surface area contributed by atoms with Crippen LogP contribution in [-0.2, 0) is 11.3 Å². The molecule has 0 aliphatic heterocycles. The lowest BCUT2D eigenvalue weighted by Gasteiger charge is -2.20. The second-order valence-electron chi connectivity index (χ2n) is 4.59. The number of hydrogen-bond donors (Lipinski definition) is 0. The monoisotopic (exact) mass is 311 g/mol. The fraction of sp³-hybridized carbons (Fsp3) is 0.250. The van der Waals surface area contributed by atoms with E-state index in [0.717, 1.165) is 11.1 Å². The van der Waals surface area contributed by atoms with Crippen LogP contribution in [0.1, 0.15) is 5.69 Å². The molecular weight excluding hydrogens is 298 g/mol. The molecule has 0 unspecified atom stereocenters. The van der Waals surface area contributed by atoms with E-state index >= 15 is 0 Å². The molecule has 2 aromatic rings. The summed E-state index contributed by atoms with van der Waals surface area (Å²) in [5, 5.41) is 11.8. The van der Waals surface area contributed by atoms with Crippen molar-refractivity contribution in [1.29, 1.82) is 0 Å². The van der Waals surface area contributed by atoms with Crippen molar-refractivity contribution in [3.8, 4) is 0 Å². The SMILES string of the molecule is C[N+](C)(C=O)Cc1c[n+]([O-])c2ccccc2n1.[Br-]. The number of carbonyl (C=O) groups excluding carboxylic acids is 1. The number of quaternary nitrogens is 1. The first-order valence-electron chi connectivity index (χ1n) is 5.29. The van der Waals surface area contributed by atoms with Gasteiger partial charge in [0, 0.05) is 6.07 Å². The molecule has 0 bridgehead atoms. The van der Waals surface area contributed by atoms with Gasteiger partial charge in [0.2, 0.25) is 11.7 Å². The van der Waals surface area contributed by atoms with Crippen molar-refractivity contribution < 1.29 is 31.0 Å². The van der Waals surface area contributed by atoms with E-state index in [2.05, 4.69) is 4.98 Å². The molecule has 96 valence electrons. The van der Waals surface area contributed by atoms with Gasteiger partial charge in [-0.2, -0.15) is 4.73 Å². The molecule has 0 N–H and O–H groups in total. The van der Waals surface area contributed by atoms with Crippen molar-refractivity contribution in [2.75, 3.05) is 14.1 Å². The highest BCUT2D eigenvalue weighted by Gasteiger charge is 2.18. The van der Waals surface area contributed by atoms with Gasteiger partial charge in [-0.1, -0.05) is 12.1 Å². The summed E-state index contributed by atoms with van der Waals surface area (Å²) in [5.41, 5.74) is 1.79. The molecule has 2 rings (SSSR count). The number of para-hydroxylation sites is 2. The van der Waals surface area contributed by atoms with E-state index in [4.69, 9.17) is 0 Å². The van der Waals surface area contributed by atoms with Crippen molar-refractivity contribution in [3.63, 3.8) is 0 Å². The highest BCUT2D eigenvalue weighted by atomic mass is 79.9. The van der Waals surface area contributed by atoms with Crippen LogP contribution in [0.5, 0.6) is 0 Å². The van der Waals surface area contributed by atoms with E-state index in [1.807, 2.05) is 6.07 Å². The summed E-state index contributed by atoms with van der Waals surface area (Å²) >= 11 is 0. The molecule has 0 atom stereocenters. The van der Waals surface area contributed by atoms with E-state index in [9.17, 15) is 10.0 Å². The summed E-state index contributed by atoms with van der Waals surface area (Å²) in [5.74, 6) is 0. The lowest BCUT2D eigenvalue weighted by molar-refractivity contribution is -0.819. The Morgan fingerprint density at radius 3 is 2.72 bits per heavy atom. The van der Waals surface area contributed by atoms with Gasteiger partial charge < -0.3 is 22.2 Å². The largest absolute Gasteiger partial charge is 1.00 e. The van der Waals surface area contributed by atoms with Gasteiger partial charge in [0.1, 0.15) is 12.1 Å². The number of fused-ring (bicyclic) bond motifs is 1. The van der Waals surface area contributed by atoms with E-state index < -0.39 is 0 Å². The molecule has 0 spiro atoms. The third-order valence-corrected chi connectivity index (χ3v) is 2.50. The quantitative estimate of drug-likeness (QED) is 0.275. The zero-order valence-electron chi connectivity index (χ0n) is 10.2. The maximum absolute atomic E-state index is 11.8. The fourth-order valence-electron chi connectivity index (χ4n) is 1.66. The van der Waals surface area contributed by atoms with Gasteiger partial charge in [0.25, 0.3) is 0 Å². The number of halogens is 1. The van der Waals surface area contributed by atoms with Crippen LogP contribution in [0.3, 0.4) is 0 Å². The molecule has 5 nitrogen and oxygen atoms in total. The lowest BCUT2D eigenvalue weighted by Crippen LogP contribution is -3.00. The molecule has 6 heteroatoms. The minimum absolute atomic E-state index is 0. The maximum Gasteiger partial charge on any atom is 0.301 e. The predicted octanol–water partition coefficient (Wildman–Crippen LogP) is -2.39. The predicted molar refractivity (Wildman–Crippen MR) is 62.6 cm³/mol. The summed E-state index contributed by atoms with van der Waals surface area (Å²) in [4.78, 5) is 15.2. The number of amides is 1. The number of benzene rings is 1. The number of rotatable bonds is 3. The van der Waals surface area contributed by atoms with Gasteiger partial charge >= 0.3 is 6.41 Å². The number of carbonyl (C=O) groups is 1. The Morgan fingerprint density at radius 2 is 2.06 bits per heavy atom. The smallest absolute Gasteiger partial charge is 0.301 e. The maximum atomic E-state index is 11.8. The van der Waals surface area contributed by atoms with Crippen LogP contribution in [0, 0.1) is 5.21 Å². The highest BCUT2D eigenvalue weighted by Crippen LogP contribution is 2.09. The Morgan fingerprint density at radius 1 is 1.39 bits per heavy atom. The molecule has 0 aliphatic carbocycles. The average Bonchev–Trinajstić information content (AvgIpc) is 2.28. The Kier molecular flexibility index (Phi) is 4.37. The fourth-order valence-corrected chi connectivity index (χ4v) is 1.66. The second kappa shape index (κ2) is 5.41. The van der Waals surface area contributed by atoms with E-state index in [1.54, 1.807) is 32.3 Å². The van der Waals surface area contributed by atoms with Crippen LogP contribution < -0.4 is 21.7 Å². The molecule has 0 saturated heterocycles. The minimum Gasteiger partial charge on any atom is -1.00 e. The van der Waals surface area contributed by atoms with Crippen LogP contribution in [-0.4, -0.2) is 30.0 Å². The molecule has 0 saturated carbocycles. The second-order valence-corrected chi connectivity index (χ2v) is 4.59. The summed E-state index contributed by atoms with van der Waals surface area (Å²) in [6.45, 7) is 0.399. The molecule has 1 heterocycles. The van der Waals surface area contributed by atoms with Gasteiger partial charge in [-0.15, -0.1) is 0 Å². The molecule has 0 aliphatic rings. The van der Waals surface area contributed by atoms with Crippen molar-refractivity contribution in [3.05, 3.63) is 41.4 Å². The third-order valence-electron chi connectivity index (χ3n) is 2.50. The third kappa shape index (κ3) is 3.02. The number of nitrogens with zero attached hydrogens (tertiary/aromatic N) is 3. The Labute approximate surface area is 116 Å². The van der Waals surface area contributed by atoms with Gasteiger partial charge in [-0.05, 0) is 6.07 Å². The van der Waals surface area contributed by atoms with Crippen molar-refractivity contribution in [2.45, 2.75) is 6.54 Å². The van der Waals surface area contributed by atoms with E-state index in [0.29, 0.717) is 23.3 Å². The normalized spacial score (nSPS) is 11.0. The molecule has 0 fully saturated rings. The van der Waals surface area contributed by atoms with Crippen molar-refractivity contribution in [1.82, 2.24) is 4.98 Å². The zero-order valence-corrected chi connectivity index (χ0v) is 11.8. The molecule has 1 aromatic heterocycles. The van der Waals surface area contributed by atoms with E-state index in [-0.39, 0.29) is 21.5 Å². The number of hydrogen-bond acceptors (Lipinski definition) is 3. The van der Waals surface area contributed by atoms with Gasteiger partial charge in [0.05, 0.1) is 14.1 Å². The summed E-state index contributed by atoms with van der Waals surface area (Å²) in [6.07, 6.45) is 2.25. The first-order chi connectivity index (χ1) is 8.02. The highest BCUT2D eigenvalue weighted by molar-refractivity contribution is 5.70.